The van der Waals surface area contributed by atoms with E-state index in [-0.39, 0.29) is 16.3 Å². The predicted molar refractivity (Wildman–Crippen MR) is 76.1 cm³/mol. The van der Waals surface area contributed by atoms with Crippen LogP contribution in [-0.4, -0.2) is 21.0 Å². The van der Waals surface area contributed by atoms with Gasteiger partial charge in [0.25, 0.3) is 5.69 Å². The van der Waals surface area contributed by atoms with E-state index in [1.165, 1.54) is 0 Å². The average molecular weight is 355 g/mol. The van der Waals surface area contributed by atoms with E-state index in [2.05, 4.69) is 20.9 Å². The van der Waals surface area contributed by atoms with Crippen LogP contribution in [0.5, 0.6) is 0 Å². The van der Waals surface area contributed by atoms with Gasteiger partial charge in [0, 0.05) is 15.4 Å². The summed E-state index contributed by atoms with van der Waals surface area (Å²) in [6, 6.07) is 8.23. The lowest BCUT2D eigenvalue weighted by molar-refractivity contribution is -0.385. The highest BCUT2D eigenvalue weighted by molar-refractivity contribution is 9.10. The molecule has 0 aliphatic rings. The Labute approximate surface area is 126 Å². The molecule has 6 nitrogen and oxygen atoms in total. The SMILES string of the molecule is O=C(O)c1cc([N+](=O)[O-])cnc1Sc1ccc(Br)cc1. The smallest absolute Gasteiger partial charge is 0.338 e. The van der Waals surface area contributed by atoms with Crippen LogP contribution in [0.4, 0.5) is 5.69 Å². The molecule has 0 spiro atoms. The van der Waals surface area contributed by atoms with Crippen LogP contribution in [0, 0.1) is 10.1 Å². The second-order valence-electron chi connectivity index (χ2n) is 3.66. The summed E-state index contributed by atoms with van der Waals surface area (Å²) in [6.45, 7) is 0. The van der Waals surface area contributed by atoms with Gasteiger partial charge in [0.15, 0.2) is 0 Å². The second-order valence-corrected chi connectivity index (χ2v) is 5.64. The molecule has 0 radical (unpaired) electrons. The highest BCUT2D eigenvalue weighted by atomic mass is 79.9. The Morgan fingerprint density at radius 3 is 2.55 bits per heavy atom. The van der Waals surface area contributed by atoms with Crippen LogP contribution in [0.1, 0.15) is 10.4 Å². The van der Waals surface area contributed by atoms with E-state index >= 15 is 0 Å². The quantitative estimate of drug-likeness (QED) is 0.665. The Morgan fingerprint density at radius 2 is 2.00 bits per heavy atom. The van der Waals surface area contributed by atoms with Crippen molar-refractivity contribution in [2.75, 3.05) is 0 Å². The number of aromatic nitrogens is 1. The van der Waals surface area contributed by atoms with Gasteiger partial charge in [-0.25, -0.2) is 9.78 Å². The first-order chi connectivity index (χ1) is 9.47. The molecule has 0 saturated heterocycles. The van der Waals surface area contributed by atoms with E-state index in [1.54, 1.807) is 12.1 Å². The molecule has 0 fully saturated rings. The van der Waals surface area contributed by atoms with Gasteiger partial charge in [-0.05, 0) is 24.3 Å². The Balaban J connectivity index is 2.38. The molecule has 1 N–H and O–H groups in total. The maximum Gasteiger partial charge on any atom is 0.338 e. The minimum atomic E-state index is -1.25. The molecule has 0 aliphatic carbocycles. The van der Waals surface area contributed by atoms with Crippen molar-refractivity contribution in [3.05, 3.63) is 56.7 Å². The van der Waals surface area contributed by atoms with Crippen LogP contribution in [0.2, 0.25) is 0 Å². The molecule has 8 heteroatoms. The van der Waals surface area contributed by atoms with Crippen molar-refractivity contribution >= 4 is 39.3 Å². The first-order valence-electron chi connectivity index (χ1n) is 5.28. The summed E-state index contributed by atoms with van der Waals surface area (Å²) in [4.78, 5) is 25.8. The Bertz CT molecular complexity index is 676. The number of aromatic carboxylic acids is 1. The molecule has 0 unspecified atom stereocenters. The predicted octanol–water partition coefficient (Wildman–Crippen LogP) is 3.60. The van der Waals surface area contributed by atoms with Gasteiger partial charge in [-0.1, -0.05) is 27.7 Å². The molecule has 0 bridgehead atoms. The maximum absolute atomic E-state index is 11.2. The summed E-state index contributed by atoms with van der Waals surface area (Å²) >= 11 is 4.44. The molecule has 102 valence electrons. The first-order valence-corrected chi connectivity index (χ1v) is 6.89. The molecule has 20 heavy (non-hydrogen) atoms. The number of pyridine rings is 1. The standard InChI is InChI=1S/C12H7BrN2O4S/c13-7-1-3-9(4-2-7)20-11-10(12(16)17)5-8(6-14-11)15(18)19/h1-6H,(H,16,17). The third-order valence-corrected chi connectivity index (χ3v) is 3.86. The van der Waals surface area contributed by atoms with Gasteiger partial charge in [-0.2, -0.15) is 0 Å². The Morgan fingerprint density at radius 1 is 1.35 bits per heavy atom. The lowest BCUT2D eigenvalue weighted by atomic mass is 10.3. The number of hydrogen-bond donors (Lipinski definition) is 1. The largest absolute Gasteiger partial charge is 0.478 e. The van der Waals surface area contributed by atoms with Crippen molar-refractivity contribution in [1.82, 2.24) is 4.98 Å². The second kappa shape index (κ2) is 6.02. The first kappa shape index (κ1) is 14.5. The van der Waals surface area contributed by atoms with Crippen LogP contribution in [0.3, 0.4) is 0 Å². The van der Waals surface area contributed by atoms with E-state index in [9.17, 15) is 14.9 Å². The number of halogens is 1. The van der Waals surface area contributed by atoms with Crippen LogP contribution >= 0.6 is 27.7 Å². The summed E-state index contributed by atoms with van der Waals surface area (Å²) < 4.78 is 0.900. The van der Waals surface area contributed by atoms with Crippen molar-refractivity contribution in [2.45, 2.75) is 9.92 Å². The molecule has 1 aromatic carbocycles. The maximum atomic E-state index is 11.2. The molecular weight excluding hydrogens is 348 g/mol. The fourth-order valence-corrected chi connectivity index (χ4v) is 2.51. The minimum absolute atomic E-state index is 0.188. The average Bonchev–Trinajstić information content (AvgIpc) is 2.41. The fraction of sp³-hybridized carbons (Fsp3) is 0. The monoisotopic (exact) mass is 354 g/mol. The van der Waals surface area contributed by atoms with Crippen LogP contribution in [-0.2, 0) is 0 Å². The summed E-state index contributed by atoms with van der Waals surface area (Å²) in [7, 11) is 0. The molecule has 1 heterocycles. The van der Waals surface area contributed by atoms with Crippen molar-refractivity contribution in [1.29, 1.82) is 0 Å². The van der Waals surface area contributed by atoms with E-state index in [1.807, 2.05) is 12.1 Å². The lowest BCUT2D eigenvalue weighted by Crippen LogP contribution is -2.02. The molecule has 0 saturated carbocycles. The summed E-state index contributed by atoms with van der Waals surface area (Å²) in [5.74, 6) is -1.25. The number of nitrogens with zero attached hydrogens (tertiary/aromatic N) is 2. The van der Waals surface area contributed by atoms with E-state index in [0.29, 0.717) is 0 Å². The topological polar surface area (TPSA) is 93.3 Å². The lowest BCUT2D eigenvalue weighted by Gasteiger charge is -2.04. The zero-order valence-electron chi connectivity index (χ0n) is 9.82. The van der Waals surface area contributed by atoms with Crippen LogP contribution < -0.4 is 0 Å². The number of carboxylic acids is 1. The molecule has 0 amide bonds. The summed E-state index contributed by atoms with van der Waals surface area (Å²) in [5, 5.41) is 20.0. The van der Waals surface area contributed by atoms with E-state index < -0.39 is 10.9 Å². The van der Waals surface area contributed by atoms with Crippen LogP contribution in [0.15, 0.2) is 50.9 Å². The number of hydrogen-bond acceptors (Lipinski definition) is 5. The Hall–Kier alpha value is -1.93. The number of carbonyl (C=O) groups is 1. The molecular formula is C12H7BrN2O4S. The van der Waals surface area contributed by atoms with Gasteiger partial charge in [0.05, 0.1) is 10.5 Å². The third-order valence-electron chi connectivity index (χ3n) is 2.31. The Kier molecular flexibility index (Phi) is 4.35. The van der Waals surface area contributed by atoms with Crippen molar-refractivity contribution in [3.63, 3.8) is 0 Å². The van der Waals surface area contributed by atoms with Gasteiger partial charge in [0.1, 0.15) is 11.2 Å². The van der Waals surface area contributed by atoms with Gasteiger partial charge in [-0.15, -0.1) is 0 Å². The zero-order valence-corrected chi connectivity index (χ0v) is 12.2. The van der Waals surface area contributed by atoms with Crippen molar-refractivity contribution in [2.24, 2.45) is 0 Å². The van der Waals surface area contributed by atoms with Gasteiger partial charge in [-0.3, -0.25) is 10.1 Å². The highest BCUT2D eigenvalue weighted by Crippen LogP contribution is 2.31. The molecule has 0 atom stereocenters. The normalized spacial score (nSPS) is 10.2. The number of benzene rings is 1. The fourth-order valence-electron chi connectivity index (χ4n) is 1.39. The van der Waals surface area contributed by atoms with Gasteiger partial charge < -0.3 is 5.11 Å². The third kappa shape index (κ3) is 3.34. The zero-order chi connectivity index (χ0) is 14.7. The molecule has 2 rings (SSSR count). The number of rotatable bonds is 4. The van der Waals surface area contributed by atoms with E-state index in [4.69, 9.17) is 5.11 Å². The van der Waals surface area contributed by atoms with Crippen molar-refractivity contribution < 1.29 is 14.8 Å². The number of nitro groups is 1. The van der Waals surface area contributed by atoms with E-state index in [0.717, 1.165) is 33.4 Å². The minimum Gasteiger partial charge on any atom is -0.478 e. The summed E-state index contributed by atoms with van der Waals surface area (Å²) in [6.07, 6.45) is 1.05. The molecule has 2 aromatic rings. The molecule has 1 aromatic heterocycles. The highest BCUT2D eigenvalue weighted by Gasteiger charge is 2.18. The van der Waals surface area contributed by atoms with Gasteiger partial charge >= 0.3 is 5.97 Å². The van der Waals surface area contributed by atoms with Crippen molar-refractivity contribution in [3.8, 4) is 0 Å². The number of carboxylic acid groups (broad SMARTS) is 1. The van der Waals surface area contributed by atoms with Crippen LogP contribution in [0.25, 0.3) is 0 Å². The van der Waals surface area contributed by atoms with Gasteiger partial charge in [0.2, 0.25) is 0 Å². The molecule has 0 aliphatic heterocycles. The summed E-state index contributed by atoms with van der Waals surface area (Å²) in [5.41, 5.74) is -0.533.